The van der Waals surface area contributed by atoms with E-state index in [4.69, 9.17) is 4.74 Å². The van der Waals surface area contributed by atoms with Crippen LogP contribution in [-0.2, 0) is 0 Å². The van der Waals surface area contributed by atoms with Gasteiger partial charge in [-0.05, 0) is 44.2 Å². The first kappa shape index (κ1) is 14.8. The van der Waals surface area contributed by atoms with Crippen LogP contribution in [-0.4, -0.2) is 48.7 Å². The smallest absolute Gasteiger partial charge is 0.125 e. The van der Waals surface area contributed by atoms with Crippen LogP contribution in [0, 0.1) is 12.3 Å². The summed E-state index contributed by atoms with van der Waals surface area (Å²) in [6.45, 7) is 10.4. The first-order valence-corrected chi connectivity index (χ1v) is 8.15. The van der Waals surface area contributed by atoms with Gasteiger partial charge in [-0.25, -0.2) is 0 Å². The second-order valence-electron chi connectivity index (χ2n) is 6.97. The van der Waals surface area contributed by atoms with E-state index in [-0.39, 0.29) is 0 Å². The van der Waals surface area contributed by atoms with Crippen molar-refractivity contribution in [1.29, 1.82) is 0 Å². The molecule has 4 nitrogen and oxygen atoms in total. The van der Waals surface area contributed by atoms with Crippen molar-refractivity contribution in [3.05, 3.63) is 24.0 Å². The quantitative estimate of drug-likeness (QED) is 0.922. The number of aryl methyl sites for hydroxylation is 1. The van der Waals surface area contributed by atoms with Gasteiger partial charge in [0.15, 0.2) is 0 Å². The molecule has 0 aromatic carbocycles. The molecule has 1 aromatic rings. The second-order valence-corrected chi connectivity index (χ2v) is 6.97. The minimum atomic E-state index is 0.358. The van der Waals surface area contributed by atoms with E-state index in [0.29, 0.717) is 11.5 Å². The van der Waals surface area contributed by atoms with Crippen LogP contribution in [0.1, 0.15) is 31.7 Å². The maximum atomic E-state index is 6.15. The van der Waals surface area contributed by atoms with E-state index >= 15 is 0 Å². The van der Waals surface area contributed by atoms with Crippen molar-refractivity contribution in [2.24, 2.45) is 5.41 Å². The fraction of sp³-hybridized carbons (Fsp3) is 0.706. The maximum Gasteiger partial charge on any atom is 0.125 e. The molecule has 0 bridgehead atoms. The Kier molecular flexibility index (Phi) is 4.45. The van der Waals surface area contributed by atoms with Gasteiger partial charge in [0.1, 0.15) is 11.9 Å². The highest BCUT2D eigenvalue weighted by molar-refractivity contribution is 5.28. The number of ether oxygens (including phenoxy) is 1. The van der Waals surface area contributed by atoms with Crippen molar-refractivity contribution in [2.45, 2.75) is 39.2 Å². The zero-order valence-electron chi connectivity index (χ0n) is 13.3. The number of piperidine rings is 1. The van der Waals surface area contributed by atoms with Gasteiger partial charge in [-0.3, -0.25) is 4.98 Å². The van der Waals surface area contributed by atoms with Crippen LogP contribution in [0.4, 0.5) is 0 Å². The Balaban J connectivity index is 1.48. The van der Waals surface area contributed by atoms with Crippen molar-refractivity contribution in [3.8, 4) is 5.75 Å². The summed E-state index contributed by atoms with van der Waals surface area (Å²) in [6.07, 6.45) is 7.61. The highest BCUT2D eigenvalue weighted by atomic mass is 16.5. The predicted octanol–water partition coefficient (Wildman–Crippen LogP) is 2.23. The lowest BCUT2D eigenvalue weighted by Gasteiger charge is -2.37. The molecule has 116 valence electrons. The Labute approximate surface area is 127 Å². The van der Waals surface area contributed by atoms with Gasteiger partial charge in [-0.1, -0.05) is 6.92 Å². The predicted molar refractivity (Wildman–Crippen MR) is 84.7 cm³/mol. The molecule has 1 N–H and O–H groups in total. The number of nitrogens with one attached hydrogen (secondary N) is 1. The van der Waals surface area contributed by atoms with Crippen molar-refractivity contribution in [3.63, 3.8) is 0 Å². The first-order chi connectivity index (χ1) is 10.1. The fourth-order valence-corrected chi connectivity index (χ4v) is 3.50. The van der Waals surface area contributed by atoms with Crippen LogP contribution in [0.25, 0.3) is 0 Å². The van der Waals surface area contributed by atoms with E-state index in [0.717, 1.165) is 37.2 Å². The fourth-order valence-electron chi connectivity index (χ4n) is 3.50. The van der Waals surface area contributed by atoms with Crippen molar-refractivity contribution < 1.29 is 4.74 Å². The molecule has 1 aromatic heterocycles. The molecule has 0 radical (unpaired) electrons. The summed E-state index contributed by atoms with van der Waals surface area (Å²) in [6, 6.07) is 1.98. The summed E-state index contributed by atoms with van der Waals surface area (Å²) in [4.78, 5) is 6.74. The Morgan fingerprint density at radius 3 is 2.90 bits per heavy atom. The normalized spacial score (nSPS) is 27.9. The average Bonchev–Trinajstić information content (AvgIpc) is 2.90. The van der Waals surface area contributed by atoms with Gasteiger partial charge in [0.05, 0.1) is 0 Å². The third-order valence-corrected chi connectivity index (χ3v) is 4.86. The Morgan fingerprint density at radius 2 is 2.24 bits per heavy atom. The van der Waals surface area contributed by atoms with E-state index in [9.17, 15) is 0 Å². The Hall–Kier alpha value is -1.13. The van der Waals surface area contributed by atoms with E-state index < -0.39 is 0 Å². The maximum absolute atomic E-state index is 6.15. The topological polar surface area (TPSA) is 37.4 Å². The lowest BCUT2D eigenvalue weighted by atomic mass is 9.88. The molecule has 2 saturated heterocycles. The lowest BCUT2D eigenvalue weighted by molar-refractivity contribution is 0.0771. The van der Waals surface area contributed by atoms with Crippen LogP contribution in [0.3, 0.4) is 0 Å². The minimum Gasteiger partial charge on any atom is -0.490 e. The number of hydrogen-bond acceptors (Lipinski definition) is 4. The van der Waals surface area contributed by atoms with Crippen LogP contribution in [0.2, 0.25) is 0 Å². The largest absolute Gasteiger partial charge is 0.490 e. The Morgan fingerprint density at radius 1 is 1.43 bits per heavy atom. The minimum absolute atomic E-state index is 0.358. The zero-order valence-corrected chi connectivity index (χ0v) is 13.3. The van der Waals surface area contributed by atoms with Gasteiger partial charge in [0, 0.05) is 44.1 Å². The molecule has 2 aliphatic rings. The molecule has 1 atom stereocenters. The molecule has 3 rings (SSSR count). The molecule has 1 unspecified atom stereocenters. The third-order valence-electron chi connectivity index (χ3n) is 4.86. The van der Waals surface area contributed by atoms with E-state index in [1.165, 1.54) is 26.1 Å². The summed E-state index contributed by atoms with van der Waals surface area (Å²) in [7, 11) is 0. The van der Waals surface area contributed by atoms with Gasteiger partial charge >= 0.3 is 0 Å². The molecule has 2 aliphatic heterocycles. The molecule has 0 amide bonds. The van der Waals surface area contributed by atoms with Gasteiger partial charge in [0.2, 0.25) is 0 Å². The van der Waals surface area contributed by atoms with Gasteiger partial charge in [-0.2, -0.15) is 0 Å². The van der Waals surface area contributed by atoms with Gasteiger partial charge in [0.25, 0.3) is 0 Å². The summed E-state index contributed by atoms with van der Waals surface area (Å²) in [5.41, 5.74) is 1.60. The van der Waals surface area contributed by atoms with Crippen LogP contribution in [0.15, 0.2) is 18.5 Å². The number of pyridine rings is 1. The number of aromatic nitrogens is 1. The third kappa shape index (κ3) is 3.74. The number of hydrogen-bond donors (Lipinski definition) is 1. The standard InChI is InChI=1S/C17H27N3O/c1-14-11-18-7-3-16(14)21-15-4-9-20(10-5-15)13-17(2)6-8-19-12-17/h3,7,11,15,19H,4-6,8-10,12-13H2,1-2H3. The second kappa shape index (κ2) is 6.32. The highest BCUT2D eigenvalue weighted by Crippen LogP contribution is 2.28. The molecule has 0 spiro atoms. The highest BCUT2D eigenvalue weighted by Gasteiger charge is 2.32. The molecule has 0 saturated carbocycles. The summed E-state index contributed by atoms with van der Waals surface area (Å²) >= 11 is 0. The average molecular weight is 289 g/mol. The summed E-state index contributed by atoms with van der Waals surface area (Å²) in [5, 5.41) is 3.49. The molecular weight excluding hydrogens is 262 g/mol. The number of likely N-dealkylation sites (tertiary alicyclic amines) is 1. The van der Waals surface area contributed by atoms with E-state index in [2.05, 4.69) is 29.0 Å². The molecule has 0 aliphatic carbocycles. The molecule has 3 heterocycles. The summed E-state index contributed by atoms with van der Waals surface area (Å²) in [5.74, 6) is 0.996. The van der Waals surface area contributed by atoms with Crippen molar-refractivity contribution in [1.82, 2.24) is 15.2 Å². The first-order valence-electron chi connectivity index (χ1n) is 8.15. The SMILES string of the molecule is Cc1cnccc1OC1CCN(CC2(C)CCNC2)CC1. The van der Waals surface area contributed by atoms with Crippen LogP contribution < -0.4 is 10.1 Å². The van der Waals surface area contributed by atoms with E-state index in [1.807, 2.05) is 18.5 Å². The van der Waals surface area contributed by atoms with Crippen molar-refractivity contribution >= 4 is 0 Å². The zero-order chi connectivity index (χ0) is 14.7. The molecular formula is C17H27N3O. The lowest BCUT2D eigenvalue weighted by Crippen LogP contribution is -2.44. The van der Waals surface area contributed by atoms with Gasteiger partial charge < -0.3 is 15.0 Å². The Bertz CT molecular complexity index is 463. The summed E-state index contributed by atoms with van der Waals surface area (Å²) < 4.78 is 6.15. The monoisotopic (exact) mass is 289 g/mol. The van der Waals surface area contributed by atoms with Crippen LogP contribution in [0.5, 0.6) is 5.75 Å². The molecule has 2 fully saturated rings. The van der Waals surface area contributed by atoms with E-state index in [1.54, 1.807) is 0 Å². The van der Waals surface area contributed by atoms with Crippen LogP contribution >= 0.6 is 0 Å². The van der Waals surface area contributed by atoms with Crippen molar-refractivity contribution in [2.75, 3.05) is 32.7 Å². The molecule has 4 heteroatoms. The molecule has 21 heavy (non-hydrogen) atoms. The van der Waals surface area contributed by atoms with Gasteiger partial charge in [-0.15, -0.1) is 0 Å². The number of nitrogens with zero attached hydrogens (tertiary/aromatic N) is 2. The number of rotatable bonds is 4.